The third kappa shape index (κ3) is 9.73. The van der Waals surface area contributed by atoms with Crippen molar-refractivity contribution >= 4 is 17.4 Å². The topological polar surface area (TPSA) is 0 Å². The highest BCUT2D eigenvalue weighted by Crippen LogP contribution is 2.08. The average molecular weight is 130 g/mol. The third-order valence-electron chi connectivity index (χ3n) is 0.943. The predicted molar refractivity (Wildman–Crippen MR) is 44.2 cm³/mol. The zero-order valence-corrected chi connectivity index (χ0v) is 5.86. The van der Waals surface area contributed by atoms with E-state index >= 15 is 0 Å². The molecule has 0 N–H and O–H groups in total. The van der Waals surface area contributed by atoms with E-state index in [0.717, 1.165) is 11.8 Å². The molecular formula is C7H19Al. The van der Waals surface area contributed by atoms with Crippen LogP contribution < -0.4 is 0 Å². The molecule has 0 fully saturated rings. The average Bonchev–Trinajstić information content (AvgIpc) is 1.27. The van der Waals surface area contributed by atoms with Crippen LogP contribution in [-0.2, 0) is 0 Å². The highest BCUT2D eigenvalue weighted by atomic mass is 27.0. The number of hydrogen-bond donors (Lipinski definition) is 0. The molecule has 0 saturated carbocycles. The monoisotopic (exact) mass is 130 g/mol. The van der Waals surface area contributed by atoms with Gasteiger partial charge in [0.05, 0.1) is 0 Å². The summed E-state index contributed by atoms with van der Waals surface area (Å²) in [6.07, 6.45) is 1.36. The van der Waals surface area contributed by atoms with Gasteiger partial charge < -0.3 is 0 Å². The van der Waals surface area contributed by atoms with Gasteiger partial charge in [-0.25, -0.2) is 0 Å². The maximum Gasteiger partial charge on any atom is 0.187 e. The lowest BCUT2D eigenvalue weighted by atomic mass is 10.0. The molecule has 0 aliphatic rings. The summed E-state index contributed by atoms with van der Waals surface area (Å²) in [5.41, 5.74) is 0. The van der Waals surface area contributed by atoms with Gasteiger partial charge in [-0.15, -0.1) is 0 Å². The molecule has 0 atom stereocenters. The van der Waals surface area contributed by atoms with Crippen LogP contribution in [0.5, 0.6) is 0 Å². The molecule has 0 heterocycles. The fraction of sp³-hybridized carbons (Fsp3) is 1.00. The lowest BCUT2D eigenvalue weighted by Gasteiger charge is -2.05. The Balaban J connectivity index is 0. The summed E-state index contributed by atoms with van der Waals surface area (Å²) in [6.45, 7) is 9.06. The SMILES string of the molecule is CC(C)CC(C)C.[AlH3]. The number of hydrogen-bond acceptors (Lipinski definition) is 0. The fourth-order valence-electron chi connectivity index (χ4n) is 0.943. The van der Waals surface area contributed by atoms with Gasteiger partial charge in [0.25, 0.3) is 0 Å². The molecule has 0 aliphatic carbocycles. The Morgan fingerprint density at radius 2 is 1.12 bits per heavy atom. The van der Waals surface area contributed by atoms with Crippen molar-refractivity contribution in [3.05, 3.63) is 0 Å². The minimum absolute atomic E-state index is 0. The van der Waals surface area contributed by atoms with E-state index in [2.05, 4.69) is 27.7 Å². The summed E-state index contributed by atoms with van der Waals surface area (Å²) in [6, 6.07) is 0. The van der Waals surface area contributed by atoms with Gasteiger partial charge in [-0.2, -0.15) is 0 Å². The molecule has 0 unspecified atom stereocenters. The van der Waals surface area contributed by atoms with Gasteiger partial charge in [0, 0.05) is 0 Å². The van der Waals surface area contributed by atoms with Crippen LogP contribution in [0.2, 0.25) is 0 Å². The molecule has 0 rings (SSSR count). The molecule has 0 radical (unpaired) electrons. The first-order chi connectivity index (χ1) is 3.13. The molecule has 0 aromatic heterocycles. The molecule has 0 nitrogen and oxygen atoms in total. The van der Waals surface area contributed by atoms with Gasteiger partial charge in [-0.1, -0.05) is 27.7 Å². The molecule has 50 valence electrons. The highest BCUT2D eigenvalue weighted by Gasteiger charge is 1.95. The van der Waals surface area contributed by atoms with Crippen LogP contribution in [0.25, 0.3) is 0 Å². The summed E-state index contributed by atoms with van der Waals surface area (Å²) in [7, 11) is 0. The molecule has 0 aromatic rings. The smallest absolute Gasteiger partial charge is 0.0628 e. The fourth-order valence-corrected chi connectivity index (χ4v) is 0.943. The molecule has 0 saturated heterocycles. The van der Waals surface area contributed by atoms with E-state index in [1.807, 2.05) is 0 Å². The van der Waals surface area contributed by atoms with Crippen LogP contribution in [0, 0.1) is 11.8 Å². The van der Waals surface area contributed by atoms with E-state index < -0.39 is 0 Å². The van der Waals surface area contributed by atoms with E-state index in [1.54, 1.807) is 0 Å². The zero-order valence-electron chi connectivity index (χ0n) is 5.86. The second kappa shape index (κ2) is 5.67. The Morgan fingerprint density at radius 1 is 0.875 bits per heavy atom. The van der Waals surface area contributed by atoms with Crippen molar-refractivity contribution in [1.29, 1.82) is 0 Å². The number of rotatable bonds is 2. The zero-order chi connectivity index (χ0) is 5.86. The van der Waals surface area contributed by atoms with Crippen LogP contribution >= 0.6 is 0 Å². The van der Waals surface area contributed by atoms with Crippen molar-refractivity contribution in [3.8, 4) is 0 Å². The summed E-state index contributed by atoms with van der Waals surface area (Å²) >= 11 is 0. The largest absolute Gasteiger partial charge is 0.187 e. The molecule has 0 aliphatic heterocycles. The van der Waals surface area contributed by atoms with Crippen molar-refractivity contribution in [1.82, 2.24) is 0 Å². The summed E-state index contributed by atoms with van der Waals surface area (Å²) in [5, 5.41) is 0. The van der Waals surface area contributed by atoms with Crippen molar-refractivity contribution in [2.24, 2.45) is 11.8 Å². The molecule has 0 bridgehead atoms. The molecule has 1 heteroatoms. The molecule has 0 spiro atoms. The van der Waals surface area contributed by atoms with Gasteiger partial charge >= 0.3 is 0 Å². The Morgan fingerprint density at radius 3 is 1.12 bits per heavy atom. The van der Waals surface area contributed by atoms with E-state index in [9.17, 15) is 0 Å². The van der Waals surface area contributed by atoms with Crippen LogP contribution in [0.15, 0.2) is 0 Å². The van der Waals surface area contributed by atoms with Gasteiger partial charge in [0.15, 0.2) is 17.4 Å². The minimum Gasteiger partial charge on any atom is -0.0628 e. The first-order valence-corrected chi connectivity index (χ1v) is 3.13. The Kier molecular flexibility index (Phi) is 8.03. The second-order valence-corrected chi connectivity index (χ2v) is 3.02. The summed E-state index contributed by atoms with van der Waals surface area (Å²) in [4.78, 5) is 0. The quantitative estimate of drug-likeness (QED) is 0.497. The van der Waals surface area contributed by atoms with Crippen LogP contribution in [0.4, 0.5) is 0 Å². The van der Waals surface area contributed by atoms with Gasteiger partial charge in [0.1, 0.15) is 0 Å². The van der Waals surface area contributed by atoms with E-state index in [1.165, 1.54) is 6.42 Å². The Bertz CT molecular complexity index is 33.7. The van der Waals surface area contributed by atoms with E-state index in [4.69, 9.17) is 0 Å². The Labute approximate surface area is 63.8 Å². The first kappa shape index (κ1) is 11.3. The molecule has 8 heavy (non-hydrogen) atoms. The maximum absolute atomic E-state index is 2.26. The van der Waals surface area contributed by atoms with Crippen LogP contribution in [0.1, 0.15) is 34.1 Å². The molecule has 0 amide bonds. The predicted octanol–water partition coefficient (Wildman–Crippen LogP) is 1.50. The van der Waals surface area contributed by atoms with E-state index in [-0.39, 0.29) is 17.4 Å². The highest BCUT2D eigenvalue weighted by molar-refractivity contribution is 5.75. The summed E-state index contributed by atoms with van der Waals surface area (Å²) in [5.74, 6) is 1.75. The lowest BCUT2D eigenvalue weighted by molar-refractivity contribution is 0.469. The van der Waals surface area contributed by atoms with E-state index in [0.29, 0.717) is 0 Å². The van der Waals surface area contributed by atoms with Gasteiger partial charge in [-0.05, 0) is 18.3 Å². The van der Waals surface area contributed by atoms with Gasteiger partial charge in [0.2, 0.25) is 0 Å². The van der Waals surface area contributed by atoms with Crippen molar-refractivity contribution in [2.75, 3.05) is 0 Å². The normalized spacial score (nSPS) is 9.75. The van der Waals surface area contributed by atoms with Gasteiger partial charge in [-0.3, -0.25) is 0 Å². The maximum atomic E-state index is 2.26. The van der Waals surface area contributed by atoms with Crippen molar-refractivity contribution in [3.63, 3.8) is 0 Å². The second-order valence-electron chi connectivity index (χ2n) is 3.02. The Hall–Kier alpha value is 0.532. The third-order valence-corrected chi connectivity index (χ3v) is 0.943. The minimum atomic E-state index is 0. The van der Waals surface area contributed by atoms with Crippen molar-refractivity contribution < 1.29 is 0 Å². The van der Waals surface area contributed by atoms with Crippen LogP contribution in [0.3, 0.4) is 0 Å². The summed E-state index contributed by atoms with van der Waals surface area (Å²) < 4.78 is 0. The lowest BCUT2D eigenvalue weighted by Crippen LogP contribution is -1.93. The molecule has 0 aromatic carbocycles. The van der Waals surface area contributed by atoms with Crippen LogP contribution in [-0.4, -0.2) is 17.4 Å². The van der Waals surface area contributed by atoms with Crippen molar-refractivity contribution in [2.45, 2.75) is 34.1 Å². The molecular weight excluding hydrogens is 111 g/mol. The standard InChI is InChI=1S/C7H16.Al.3H/c1-6(2)5-7(3)4;;;;/h6-7H,5H2,1-4H3;;;;. The first-order valence-electron chi connectivity index (χ1n) is 3.13.